The number of nitrogens with one attached hydrogen (secondary N) is 1. The van der Waals surface area contributed by atoms with E-state index in [-0.39, 0.29) is 24.4 Å². The van der Waals surface area contributed by atoms with Gasteiger partial charge in [-0.1, -0.05) is 29.3 Å². The van der Waals surface area contributed by atoms with E-state index in [2.05, 4.69) is 15.4 Å². The first-order chi connectivity index (χ1) is 14.0. The second-order valence-electron chi connectivity index (χ2n) is 6.29. The van der Waals surface area contributed by atoms with Crippen molar-refractivity contribution in [1.29, 1.82) is 0 Å². The Bertz CT molecular complexity index is 1250. The minimum absolute atomic E-state index is 0.129. The molecule has 1 N–H and O–H groups in total. The zero-order valence-electron chi connectivity index (χ0n) is 15.0. The molecule has 3 heterocycles. The number of benzene rings is 1. The molecule has 0 atom stereocenters. The Morgan fingerprint density at radius 2 is 2.07 bits per heavy atom. The van der Waals surface area contributed by atoms with Crippen molar-refractivity contribution in [3.8, 4) is 0 Å². The van der Waals surface area contributed by atoms with Gasteiger partial charge in [-0.2, -0.15) is 5.10 Å². The van der Waals surface area contributed by atoms with E-state index in [4.69, 9.17) is 23.2 Å². The Labute approximate surface area is 179 Å². The van der Waals surface area contributed by atoms with Crippen molar-refractivity contribution in [2.45, 2.75) is 19.5 Å². The fourth-order valence-corrected chi connectivity index (χ4v) is 4.05. The molecule has 0 aliphatic heterocycles. The second-order valence-corrected chi connectivity index (χ2v) is 8.03. The van der Waals surface area contributed by atoms with Gasteiger partial charge in [0.15, 0.2) is 0 Å². The van der Waals surface area contributed by atoms with Crippen molar-refractivity contribution in [2.75, 3.05) is 5.32 Å². The van der Waals surface area contributed by atoms with Gasteiger partial charge in [0.05, 0.1) is 24.5 Å². The number of hydrogen-bond acceptors (Lipinski definition) is 5. The molecule has 0 aliphatic carbocycles. The van der Waals surface area contributed by atoms with Crippen LogP contribution in [0.5, 0.6) is 0 Å². The van der Waals surface area contributed by atoms with Gasteiger partial charge >= 0.3 is 0 Å². The molecule has 0 fully saturated rings. The van der Waals surface area contributed by atoms with Gasteiger partial charge in [0.1, 0.15) is 10.6 Å². The molecule has 0 unspecified atom stereocenters. The Hall–Kier alpha value is -2.68. The van der Waals surface area contributed by atoms with Gasteiger partial charge in [-0.3, -0.25) is 14.2 Å². The molecular weight excluding hydrogens is 433 g/mol. The highest BCUT2D eigenvalue weighted by Gasteiger charge is 2.11. The van der Waals surface area contributed by atoms with Crippen LogP contribution in [0, 0.1) is 0 Å². The topological polar surface area (TPSA) is 81.8 Å². The predicted molar refractivity (Wildman–Crippen MR) is 115 cm³/mol. The summed E-state index contributed by atoms with van der Waals surface area (Å²) < 4.78 is 3.08. The van der Waals surface area contributed by atoms with E-state index in [1.165, 1.54) is 22.2 Å². The smallest absolute Gasteiger partial charge is 0.262 e. The maximum absolute atomic E-state index is 12.4. The first-order valence-electron chi connectivity index (χ1n) is 8.69. The van der Waals surface area contributed by atoms with Crippen LogP contribution in [0.3, 0.4) is 0 Å². The number of thiophene rings is 1. The minimum Gasteiger partial charge on any atom is -0.311 e. The number of aryl methyl sites for hydroxylation is 1. The van der Waals surface area contributed by atoms with Crippen molar-refractivity contribution in [1.82, 2.24) is 19.3 Å². The van der Waals surface area contributed by atoms with Crippen LogP contribution in [0.25, 0.3) is 10.2 Å². The number of carbonyl (C=O) groups excluding carboxylic acids is 1. The third-order valence-electron chi connectivity index (χ3n) is 4.35. The number of halogens is 2. The molecule has 0 radical (unpaired) electrons. The number of anilines is 1. The molecule has 4 aromatic rings. The lowest BCUT2D eigenvalue weighted by atomic mass is 10.2. The summed E-state index contributed by atoms with van der Waals surface area (Å²) in [6.45, 7) is 0.622. The zero-order valence-corrected chi connectivity index (χ0v) is 17.3. The predicted octanol–water partition coefficient (Wildman–Crippen LogP) is 4.04. The van der Waals surface area contributed by atoms with Crippen molar-refractivity contribution in [2.24, 2.45) is 0 Å². The minimum atomic E-state index is -0.230. The highest BCUT2D eigenvalue weighted by molar-refractivity contribution is 7.16. The fraction of sp³-hybridized carbons (Fsp3) is 0.158. The van der Waals surface area contributed by atoms with Crippen molar-refractivity contribution in [3.63, 3.8) is 0 Å². The molecule has 1 amide bonds. The largest absolute Gasteiger partial charge is 0.311 e. The van der Waals surface area contributed by atoms with Crippen molar-refractivity contribution in [3.05, 3.63) is 74.2 Å². The van der Waals surface area contributed by atoms with E-state index in [0.29, 0.717) is 32.6 Å². The normalized spacial score (nSPS) is 11.1. The van der Waals surface area contributed by atoms with Gasteiger partial charge in [0.25, 0.3) is 5.56 Å². The van der Waals surface area contributed by atoms with Gasteiger partial charge < -0.3 is 5.32 Å². The summed E-state index contributed by atoms with van der Waals surface area (Å²) in [7, 11) is 0. The summed E-state index contributed by atoms with van der Waals surface area (Å²) >= 11 is 13.6. The molecule has 0 spiro atoms. The van der Waals surface area contributed by atoms with E-state index < -0.39 is 0 Å². The zero-order chi connectivity index (χ0) is 20.4. The van der Waals surface area contributed by atoms with Crippen molar-refractivity contribution < 1.29 is 4.79 Å². The molecule has 148 valence electrons. The second kappa shape index (κ2) is 8.36. The number of rotatable bonds is 6. The summed E-state index contributed by atoms with van der Waals surface area (Å²) in [5, 5.41) is 10.5. The average molecular weight is 448 g/mol. The number of nitrogens with zero attached hydrogens (tertiary/aromatic N) is 4. The molecule has 0 saturated carbocycles. The highest BCUT2D eigenvalue weighted by Crippen LogP contribution is 2.22. The molecule has 7 nitrogen and oxygen atoms in total. The molecule has 0 bridgehead atoms. The molecule has 4 rings (SSSR count). The van der Waals surface area contributed by atoms with E-state index in [1.807, 2.05) is 11.4 Å². The lowest BCUT2D eigenvalue weighted by Gasteiger charge is -2.11. The molecule has 10 heteroatoms. The Morgan fingerprint density at radius 3 is 2.90 bits per heavy atom. The number of amides is 1. The van der Waals surface area contributed by atoms with E-state index in [9.17, 15) is 9.59 Å². The van der Waals surface area contributed by atoms with Crippen LogP contribution in [0.2, 0.25) is 10.0 Å². The maximum Gasteiger partial charge on any atom is 0.262 e. The monoisotopic (exact) mass is 447 g/mol. The molecule has 0 aliphatic rings. The van der Waals surface area contributed by atoms with E-state index in [1.54, 1.807) is 35.1 Å². The lowest BCUT2D eigenvalue weighted by Crippen LogP contribution is -2.24. The number of fused-ring (bicyclic) bond motifs is 1. The van der Waals surface area contributed by atoms with Gasteiger partial charge in [-0.25, -0.2) is 9.67 Å². The average Bonchev–Trinajstić information content (AvgIpc) is 3.33. The Kier molecular flexibility index (Phi) is 5.66. The van der Waals surface area contributed by atoms with Gasteiger partial charge in [-0.05, 0) is 29.1 Å². The maximum atomic E-state index is 12.4. The van der Waals surface area contributed by atoms with E-state index >= 15 is 0 Å². The third-order valence-corrected chi connectivity index (χ3v) is 5.76. The number of aromatic nitrogens is 4. The van der Waals surface area contributed by atoms with Gasteiger partial charge in [-0.15, -0.1) is 11.3 Å². The van der Waals surface area contributed by atoms with Crippen LogP contribution >= 0.6 is 34.5 Å². The molecule has 1 aromatic carbocycles. The first kappa shape index (κ1) is 19.6. The molecular formula is C19H15Cl2N5O2S. The Balaban J connectivity index is 1.42. The summed E-state index contributed by atoms with van der Waals surface area (Å²) in [6, 6.07) is 8.67. The lowest BCUT2D eigenvalue weighted by molar-refractivity contribution is -0.116. The first-order valence-corrected chi connectivity index (χ1v) is 10.3. The van der Waals surface area contributed by atoms with Crippen LogP contribution < -0.4 is 10.9 Å². The quantitative estimate of drug-likeness (QED) is 0.483. The van der Waals surface area contributed by atoms with Gasteiger partial charge in [0.2, 0.25) is 5.91 Å². The van der Waals surface area contributed by atoms with Crippen LogP contribution in [0.1, 0.15) is 12.0 Å². The third kappa shape index (κ3) is 4.34. The summed E-state index contributed by atoms with van der Waals surface area (Å²) in [6.07, 6.45) is 3.20. The van der Waals surface area contributed by atoms with Crippen molar-refractivity contribution >= 4 is 56.5 Å². The van der Waals surface area contributed by atoms with Crippen LogP contribution in [0.4, 0.5) is 5.82 Å². The van der Waals surface area contributed by atoms with Crippen LogP contribution in [-0.4, -0.2) is 25.2 Å². The van der Waals surface area contributed by atoms with Crippen LogP contribution in [-0.2, 0) is 17.9 Å². The molecule has 0 saturated heterocycles. The SMILES string of the molecule is O=C(CCn1cnc2sccc2c1=O)Nc1ccnn1Cc1ccc(Cl)cc1Cl. The number of carbonyl (C=O) groups is 1. The summed E-state index contributed by atoms with van der Waals surface area (Å²) in [5.74, 6) is 0.311. The molecule has 29 heavy (non-hydrogen) atoms. The fourth-order valence-electron chi connectivity index (χ4n) is 2.86. The van der Waals surface area contributed by atoms with Crippen LogP contribution in [0.15, 0.2) is 53.0 Å². The van der Waals surface area contributed by atoms with Gasteiger partial charge in [0, 0.05) is 29.1 Å². The molecule has 3 aromatic heterocycles. The highest BCUT2D eigenvalue weighted by atomic mass is 35.5. The standard InChI is InChI=1S/C19H15Cl2N5O2S/c20-13-2-1-12(15(21)9-13)10-26-16(3-6-23-26)24-17(27)4-7-25-11-22-18-14(19(25)28)5-8-29-18/h1-3,5-6,8-9,11H,4,7,10H2,(H,24,27). The summed E-state index contributed by atoms with van der Waals surface area (Å²) in [4.78, 5) is 29.7. The summed E-state index contributed by atoms with van der Waals surface area (Å²) in [5.41, 5.74) is 0.684. The Morgan fingerprint density at radius 1 is 1.21 bits per heavy atom. The number of hydrogen-bond donors (Lipinski definition) is 1. The van der Waals surface area contributed by atoms with E-state index in [0.717, 1.165) is 5.56 Å².